The quantitative estimate of drug-likeness (QED) is 0.322. The standard InChI is InChI=1S/C13H21NO/c1-9(2)12-7-5-10(3)13(12)8-6-11(4)14-15/h12,15H,1,5-8H2,2-4H3/b14-11+. The van der Waals surface area contributed by atoms with Gasteiger partial charge in [-0.2, -0.15) is 0 Å². The third kappa shape index (κ3) is 2.95. The maximum Gasteiger partial charge on any atom is 0.0543 e. The van der Waals surface area contributed by atoms with Gasteiger partial charge in [0.25, 0.3) is 0 Å². The molecule has 0 aromatic rings. The van der Waals surface area contributed by atoms with E-state index in [0.29, 0.717) is 5.92 Å². The molecule has 1 aliphatic carbocycles. The van der Waals surface area contributed by atoms with E-state index in [4.69, 9.17) is 5.21 Å². The Balaban J connectivity index is 2.65. The zero-order valence-corrected chi connectivity index (χ0v) is 10.0. The van der Waals surface area contributed by atoms with Gasteiger partial charge in [-0.1, -0.05) is 28.5 Å². The van der Waals surface area contributed by atoms with Crippen LogP contribution in [0.2, 0.25) is 0 Å². The van der Waals surface area contributed by atoms with E-state index in [1.807, 2.05) is 6.92 Å². The van der Waals surface area contributed by atoms with Gasteiger partial charge in [0.05, 0.1) is 5.71 Å². The van der Waals surface area contributed by atoms with Crippen LogP contribution in [0.5, 0.6) is 0 Å². The average molecular weight is 207 g/mol. The number of hydrogen-bond acceptors (Lipinski definition) is 2. The Hall–Kier alpha value is -1.05. The molecule has 0 fully saturated rings. The molecule has 0 spiro atoms. The minimum absolute atomic E-state index is 0.566. The summed E-state index contributed by atoms with van der Waals surface area (Å²) in [5, 5.41) is 11.8. The second kappa shape index (κ2) is 5.15. The molecule has 1 aliphatic rings. The summed E-state index contributed by atoms with van der Waals surface area (Å²) in [6.07, 6.45) is 4.28. The highest BCUT2D eigenvalue weighted by molar-refractivity contribution is 5.81. The van der Waals surface area contributed by atoms with Crippen molar-refractivity contribution in [3.63, 3.8) is 0 Å². The fourth-order valence-electron chi connectivity index (χ4n) is 2.29. The predicted molar refractivity (Wildman–Crippen MR) is 64.4 cm³/mol. The summed E-state index contributed by atoms with van der Waals surface area (Å²) in [5.41, 5.74) is 5.10. The van der Waals surface area contributed by atoms with Gasteiger partial charge in [-0.3, -0.25) is 0 Å². The molecular formula is C13H21NO. The number of nitrogens with zero attached hydrogens (tertiary/aromatic N) is 1. The van der Waals surface area contributed by atoms with Gasteiger partial charge in [0.15, 0.2) is 0 Å². The van der Waals surface area contributed by atoms with Crippen LogP contribution < -0.4 is 0 Å². The lowest BCUT2D eigenvalue weighted by Gasteiger charge is -2.15. The predicted octanol–water partition coefficient (Wildman–Crippen LogP) is 3.92. The molecule has 1 rings (SSSR count). The molecule has 1 unspecified atom stereocenters. The Morgan fingerprint density at radius 3 is 2.73 bits per heavy atom. The van der Waals surface area contributed by atoms with Gasteiger partial charge >= 0.3 is 0 Å². The third-order valence-electron chi connectivity index (χ3n) is 3.30. The summed E-state index contributed by atoms with van der Waals surface area (Å²) in [5.74, 6) is 0.566. The van der Waals surface area contributed by atoms with Crippen molar-refractivity contribution in [3.8, 4) is 0 Å². The summed E-state index contributed by atoms with van der Waals surface area (Å²) >= 11 is 0. The van der Waals surface area contributed by atoms with Crippen molar-refractivity contribution in [2.45, 2.75) is 46.5 Å². The fourth-order valence-corrected chi connectivity index (χ4v) is 2.29. The van der Waals surface area contributed by atoms with Crippen LogP contribution in [0.4, 0.5) is 0 Å². The lowest BCUT2D eigenvalue weighted by molar-refractivity contribution is 0.317. The van der Waals surface area contributed by atoms with Gasteiger partial charge in [0, 0.05) is 5.92 Å². The van der Waals surface area contributed by atoms with Crippen LogP contribution in [0.15, 0.2) is 28.5 Å². The molecule has 0 aromatic heterocycles. The Morgan fingerprint density at radius 2 is 2.20 bits per heavy atom. The van der Waals surface area contributed by atoms with Crippen molar-refractivity contribution in [2.24, 2.45) is 11.1 Å². The van der Waals surface area contributed by atoms with Crippen molar-refractivity contribution in [3.05, 3.63) is 23.3 Å². The lowest BCUT2D eigenvalue weighted by atomic mass is 9.90. The minimum Gasteiger partial charge on any atom is -0.411 e. The number of hydrogen-bond donors (Lipinski definition) is 1. The molecule has 1 atom stereocenters. The highest BCUT2D eigenvalue weighted by Gasteiger charge is 2.23. The van der Waals surface area contributed by atoms with E-state index in [1.165, 1.54) is 29.6 Å². The molecule has 0 saturated heterocycles. The van der Waals surface area contributed by atoms with Crippen molar-refractivity contribution in [1.29, 1.82) is 0 Å². The Labute approximate surface area is 92.4 Å². The third-order valence-corrected chi connectivity index (χ3v) is 3.30. The molecule has 2 nitrogen and oxygen atoms in total. The van der Waals surface area contributed by atoms with E-state index in [9.17, 15) is 0 Å². The molecule has 0 amide bonds. The van der Waals surface area contributed by atoms with Gasteiger partial charge in [-0.05, 0) is 46.5 Å². The van der Waals surface area contributed by atoms with E-state index in [-0.39, 0.29) is 0 Å². The molecule has 0 radical (unpaired) electrons. The average Bonchev–Trinajstić information content (AvgIpc) is 2.56. The normalized spacial score (nSPS) is 22.3. The molecule has 15 heavy (non-hydrogen) atoms. The summed E-state index contributed by atoms with van der Waals surface area (Å²) in [7, 11) is 0. The number of rotatable bonds is 4. The number of oxime groups is 1. The second-order valence-electron chi connectivity index (χ2n) is 4.58. The molecule has 0 bridgehead atoms. The highest BCUT2D eigenvalue weighted by Crippen LogP contribution is 2.38. The van der Waals surface area contributed by atoms with E-state index in [2.05, 4.69) is 25.6 Å². The van der Waals surface area contributed by atoms with Crippen LogP contribution in [-0.2, 0) is 0 Å². The Bertz CT molecular complexity index is 312. The van der Waals surface area contributed by atoms with Crippen LogP contribution in [0.25, 0.3) is 0 Å². The first-order chi connectivity index (χ1) is 7.06. The summed E-state index contributed by atoms with van der Waals surface area (Å²) < 4.78 is 0. The summed E-state index contributed by atoms with van der Waals surface area (Å²) in [6.45, 7) is 10.2. The number of allylic oxidation sites excluding steroid dienone is 3. The molecular weight excluding hydrogens is 186 g/mol. The van der Waals surface area contributed by atoms with Crippen LogP contribution in [0.3, 0.4) is 0 Å². The van der Waals surface area contributed by atoms with E-state index in [1.54, 1.807) is 0 Å². The van der Waals surface area contributed by atoms with Gasteiger partial charge in [-0.25, -0.2) is 0 Å². The molecule has 0 aliphatic heterocycles. The molecule has 0 aromatic carbocycles. The van der Waals surface area contributed by atoms with Gasteiger partial charge in [0.1, 0.15) is 0 Å². The SMILES string of the molecule is C=C(C)C1CCC(C)=C1CC/C(C)=N/O. The van der Waals surface area contributed by atoms with Gasteiger partial charge < -0.3 is 5.21 Å². The zero-order valence-electron chi connectivity index (χ0n) is 10.0. The van der Waals surface area contributed by atoms with Crippen LogP contribution >= 0.6 is 0 Å². The topological polar surface area (TPSA) is 32.6 Å². The maximum atomic E-state index is 8.60. The van der Waals surface area contributed by atoms with Crippen LogP contribution in [0.1, 0.15) is 46.5 Å². The summed E-state index contributed by atoms with van der Waals surface area (Å²) in [4.78, 5) is 0. The first-order valence-corrected chi connectivity index (χ1v) is 5.57. The molecule has 84 valence electrons. The monoisotopic (exact) mass is 207 g/mol. The minimum atomic E-state index is 0.566. The van der Waals surface area contributed by atoms with Crippen molar-refractivity contribution >= 4 is 5.71 Å². The van der Waals surface area contributed by atoms with Crippen LogP contribution in [-0.4, -0.2) is 10.9 Å². The Morgan fingerprint density at radius 1 is 1.53 bits per heavy atom. The Kier molecular flexibility index (Phi) is 4.13. The molecule has 1 N–H and O–H groups in total. The van der Waals surface area contributed by atoms with Gasteiger partial charge in [0.2, 0.25) is 0 Å². The second-order valence-corrected chi connectivity index (χ2v) is 4.58. The zero-order chi connectivity index (χ0) is 11.4. The molecule has 0 heterocycles. The maximum absolute atomic E-state index is 8.60. The van der Waals surface area contributed by atoms with Crippen molar-refractivity contribution < 1.29 is 5.21 Å². The smallest absolute Gasteiger partial charge is 0.0543 e. The highest BCUT2D eigenvalue weighted by atomic mass is 16.4. The molecule has 2 heteroatoms. The lowest BCUT2D eigenvalue weighted by Crippen LogP contribution is -2.03. The fraction of sp³-hybridized carbons (Fsp3) is 0.615. The largest absolute Gasteiger partial charge is 0.411 e. The van der Waals surface area contributed by atoms with E-state index in [0.717, 1.165) is 18.6 Å². The van der Waals surface area contributed by atoms with E-state index >= 15 is 0 Å². The van der Waals surface area contributed by atoms with Crippen molar-refractivity contribution in [2.75, 3.05) is 0 Å². The first-order valence-electron chi connectivity index (χ1n) is 5.57. The van der Waals surface area contributed by atoms with Crippen LogP contribution in [0, 0.1) is 5.92 Å². The first kappa shape index (κ1) is 12.0. The van der Waals surface area contributed by atoms with Gasteiger partial charge in [-0.15, -0.1) is 0 Å². The molecule has 0 saturated carbocycles. The summed E-state index contributed by atoms with van der Waals surface area (Å²) in [6, 6.07) is 0. The van der Waals surface area contributed by atoms with Crippen molar-refractivity contribution in [1.82, 2.24) is 0 Å². The van der Waals surface area contributed by atoms with E-state index < -0.39 is 0 Å².